The molecule has 5 nitrogen and oxygen atoms in total. The number of para-hydroxylation sites is 1. The number of halogens is 1. The first-order valence-corrected chi connectivity index (χ1v) is 10.2. The minimum absolute atomic E-state index is 0. The summed E-state index contributed by atoms with van der Waals surface area (Å²) in [7, 11) is 0. The summed E-state index contributed by atoms with van der Waals surface area (Å²) in [6.07, 6.45) is 8.31. The molecule has 2 aliphatic heterocycles. The number of hydrogen-bond acceptors (Lipinski definition) is 3. The molecular weight excluding hydrogens is 374 g/mol. The van der Waals surface area contributed by atoms with Gasteiger partial charge in [0.25, 0.3) is 5.91 Å². The average molecular weight is 406 g/mol. The van der Waals surface area contributed by atoms with Crippen LogP contribution in [0, 0.1) is 5.92 Å². The van der Waals surface area contributed by atoms with Crippen molar-refractivity contribution in [1.82, 2.24) is 10.6 Å². The third-order valence-electron chi connectivity index (χ3n) is 5.30. The number of hydrogen-bond donors (Lipinski definition) is 2. The van der Waals surface area contributed by atoms with Gasteiger partial charge in [-0.2, -0.15) is 0 Å². The highest BCUT2D eigenvalue weighted by Crippen LogP contribution is 2.27. The Bertz CT molecular complexity index is 699. The van der Waals surface area contributed by atoms with E-state index in [-0.39, 0.29) is 36.3 Å². The van der Waals surface area contributed by atoms with Crippen LogP contribution < -0.4 is 15.5 Å². The van der Waals surface area contributed by atoms with Crippen LogP contribution in [0.5, 0.6) is 0 Å². The minimum atomic E-state index is -0.122. The highest BCUT2D eigenvalue weighted by molar-refractivity contribution is 6.03. The van der Waals surface area contributed by atoms with E-state index in [4.69, 9.17) is 0 Å². The molecule has 3 rings (SSSR count). The van der Waals surface area contributed by atoms with Gasteiger partial charge in [-0.25, -0.2) is 0 Å². The number of piperidine rings is 1. The molecule has 2 atom stereocenters. The molecule has 2 N–H and O–H groups in total. The fourth-order valence-corrected chi connectivity index (χ4v) is 3.91. The molecule has 2 amide bonds. The van der Waals surface area contributed by atoms with E-state index in [0.29, 0.717) is 5.92 Å². The minimum Gasteiger partial charge on any atom is -0.349 e. The Hall–Kier alpha value is -1.85. The number of carbonyl (C=O) groups excluding carboxylic acids is 2. The Balaban J connectivity index is 0.00000280. The number of anilines is 1. The number of fused-ring (bicyclic) bond motifs is 1. The van der Waals surface area contributed by atoms with Crippen LogP contribution in [0.25, 0.3) is 0 Å². The average Bonchev–Trinajstić information content (AvgIpc) is 3.10. The Labute approximate surface area is 174 Å². The van der Waals surface area contributed by atoms with E-state index in [1.54, 1.807) is 6.08 Å². The van der Waals surface area contributed by atoms with Crippen LogP contribution >= 0.6 is 12.4 Å². The molecule has 2 heterocycles. The Morgan fingerprint density at radius 3 is 2.79 bits per heavy atom. The van der Waals surface area contributed by atoms with E-state index in [1.807, 2.05) is 29.2 Å². The zero-order valence-electron chi connectivity index (χ0n) is 16.8. The van der Waals surface area contributed by atoms with Crippen LogP contribution in [0.4, 0.5) is 5.69 Å². The highest BCUT2D eigenvalue weighted by Gasteiger charge is 2.24. The van der Waals surface area contributed by atoms with Gasteiger partial charge in [-0.05, 0) is 49.8 Å². The van der Waals surface area contributed by atoms with Gasteiger partial charge in [-0.15, -0.1) is 12.4 Å². The normalized spacial score (nSPS) is 20.0. The van der Waals surface area contributed by atoms with Crippen LogP contribution in [0.15, 0.2) is 36.4 Å². The molecule has 154 valence electrons. The van der Waals surface area contributed by atoms with Gasteiger partial charge in [0.2, 0.25) is 5.91 Å². The summed E-state index contributed by atoms with van der Waals surface area (Å²) < 4.78 is 0. The van der Waals surface area contributed by atoms with Crippen molar-refractivity contribution in [3.8, 4) is 0 Å². The standard InChI is InChI=1S/C22H31N3O2.ClH/c1-16(2)15-18(24-22(27)19-8-5-6-13-23-19)10-11-21(26)25-14-12-17-7-3-4-9-20(17)25;/h3-4,7,9-11,16,18-19,23H,5-6,8,12-15H2,1-2H3,(H,24,27);1H/b11-10+;/t18-,19+;/m1./s1. The fraction of sp³-hybridized carbons (Fsp3) is 0.545. The molecule has 0 aromatic heterocycles. The summed E-state index contributed by atoms with van der Waals surface area (Å²) in [6, 6.07) is 7.82. The van der Waals surface area contributed by atoms with Gasteiger partial charge >= 0.3 is 0 Å². The number of nitrogens with one attached hydrogen (secondary N) is 2. The monoisotopic (exact) mass is 405 g/mol. The lowest BCUT2D eigenvalue weighted by Crippen LogP contribution is -2.49. The lowest BCUT2D eigenvalue weighted by atomic mass is 10.0. The molecule has 0 bridgehead atoms. The zero-order valence-corrected chi connectivity index (χ0v) is 17.6. The van der Waals surface area contributed by atoms with Crippen LogP contribution in [0.3, 0.4) is 0 Å². The predicted molar refractivity (Wildman–Crippen MR) is 116 cm³/mol. The van der Waals surface area contributed by atoms with Gasteiger partial charge in [0.05, 0.1) is 6.04 Å². The van der Waals surface area contributed by atoms with E-state index in [9.17, 15) is 9.59 Å². The van der Waals surface area contributed by atoms with E-state index < -0.39 is 0 Å². The van der Waals surface area contributed by atoms with E-state index >= 15 is 0 Å². The van der Waals surface area contributed by atoms with Gasteiger partial charge < -0.3 is 15.5 Å². The summed E-state index contributed by atoms with van der Waals surface area (Å²) >= 11 is 0. The van der Waals surface area contributed by atoms with Crippen LogP contribution in [0.2, 0.25) is 0 Å². The second-order valence-electron chi connectivity index (χ2n) is 7.97. The Morgan fingerprint density at radius 2 is 2.07 bits per heavy atom. The van der Waals surface area contributed by atoms with Crippen molar-refractivity contribution in [3.05, 3.63) is 42.0 Å². The zero-order chi connectivity index (χ0) is 19.2. The van der Waals surface area contributed by atoms with Crippen LogP contribution in [0.1, 0.15) is 45.1 Å². The predicted octanol–water partition coefficient (Wildman–Crippen LogP) is 3.23. The van der Waals surface area contributed by atoms with Gasteiger partial charge in [-0.3, -0.25) is 9.59 Å². The number of carbonyl (C=O) groups is 2. The quantitative estimate of drug-likeness (QED) is 0.714. The lowest BCUT2D eigenvalue weighted by Gasteiger charge is -2.25. The Morgan fingerprint density at radius 1 is 1.29 bits per heavy atom. The number of nitrogens with zero attached hydrogens (tertiary/aromatic N) is 1. The Kier molecular flexibility index (Phi) is 8.52. The molecule has 28 heavy (non-hydrogen) atoms. The smallest absolute Gasteiger partial charge is 0.250 e. The van der Waals surface area contributed by atoms with Gasteiger partial charge in [-0.1, -0.05) is 44.5 Å². The second kappa shape index (κ2) is 10.6. The number of amides is 2. The van der Waals surface area contributed by atoms with Crippen molar-refractivity contribution in [1.29, 1.82) is 0 Å². The molecule has 1 aromatic rings. The van der Waals surface area contributed by atoms with Crippen LogP contribution in [-0.2, 0) is 16.0 Å². The SMILES string of the molecule is CC(C)C[C@@H](/C=C/C(=O)N1CCc2ccccc21)NC(=O)[C@@H]1CCCCN1.Cl. The summed E-state index contributed by atoms with van der Waals surface area (Å²) in [5.74, 6) is 0.463. The third-order valence-corrected chi connectivity index (χ3v) is 5.30. The van der Waals surface area contributed by atoms with Gasteiger partial charge in [0, 0.05) is 24.4 Å². The first kappa shape index (κ1) is 22.4. The van der Waals surface area contributed by atoms with Crippen molar-refractivity contribution < 1.29 is 9.59 Å². The molecule has 1 saturated heterocycles. The van der Waals surface area contributed by atoms with Crippen LogP contribution in [-0.4, -0.2) is 37.0 Å². The molecule has 1 aromatic carbocycles. The first-order chi connectivity index (χ1) is 13.0. The molecule has 2 aliphatic rings. The van der Waals surface area contributed by atoms with Crippen molar-refractivity contribution in [2.75, 3.05) is 18.0 Å². The summed E-state index contributed by atoms with van der Waals surface area (Å²) in [6.45, 7) is 5.88. The highest BCUT2D eigenvalue weighted by atomic mass is 35.5. The van der Waals surface area contributed by atoms with Crippen molar-refractivity contribution in [2.45, 2.75) is 58.0 Å². The van der Waals surface area contributed by atoms with E-state index in [2.05, 4.69) is 30.5 Å². The molecule has 0 spiro atoms. The molecular formula is C22H32ClN3O2. The molecule has 6 heteroatoms. The number of rotatable bonds is 6. The summed E-state index contributed by atoms with van der Waals surface area (Å²) in [5.41, 5.74) is 2.22. The van der Waals surface area contributed by atoms with Crippen molar-refractivity contribution >= 4 is 29.9 Å². The molecule has 0 radical (unpaired) electrons. The van der Waals surface area contributed by atoms with Gasteiger partial charge in [0.15, 0.2) is 0 Å². The fourth-order valence-electron chi connectivity index (χ4n) is 3.91. The molecule has 0 unspecified atom stereocenters. The molecule has 0 aliphatic carbocycles. The lowest BCUT2D eigenvalue weighted by molar-refractivity contribution is -0.124. The summed E-state index contributed by atoms with van der Waals surface area (Å²) in [5, 5.41) is 6.41. The second-order valence-corrected chi connectivity index (χ2v) is 7.97. The summed E-state index contributed by atoms with van der Waals surface area (Å²) in [4.78, 5) is 27.1. The maximum Gasteiger partial charge on any atom is 0.250 e. The first-order valence-electron chi connectivity index (χ1n) is 10.2. The molecule has 0 saturated carbocycles. The van der Waals surface area contributed by atoms with E-state index in [1.165, 1.54) is 5.56 Å². The third kappa shape index (κ3) is 5.82. The topological polar surface area (TPSA) is 61.4 Å². The van der Waals surface area contributed by atoms with Gasteiger partial charge in [0.1, 0.15) is 0 Å². The largest absolute Gasteiger partial charge is 0.349 e. The maximum atomic E-state index is 12.7. The maximum absolute atomic E-state index is 12.7. The number of benzene rings is 1. The molecule has 1 fully saturated rings. The van der Waals surface area contributed by atoms with Crippen molar-refractivity contribution in [2.24, 2.45) is 5.92 Å². The van der Waals surface area contributed by atoms with Crippen molar-refractivity contribution in [3.63, 3.8) is 0 Å². The van der Waals surface area contributed by atoms with E-state index in [0.717, 1.165) is 50.9 Å².